The quantitative estimate of drug-likeness (QED) is 0.471. The van der Waals surface area contributed by atoms with E-state index in [0.717, 1.165) is 17.5 Å². The van der Waals surface area contributed by atoms with Gasteiger partial charge in [-0.3, -0.25) is 9.48 Å². The van der Waals surface area contributed by atoms with E-state index in [1.165, 1.54) is 11.6 Å². The molecule has 6 heteroatoms. The minimum absolute atomic E-state index is 0.341. The van der Waals surface area contributed by atoms with E-state index in [1.54, 1.807) is 17.0 Å². The van der Waals surface area contributed by atoms with E-state index >= 15 is 0 Å². The molecular formula is C23H23N3O3. The summed E-state index contributed by atoms with van der Waals surface area (Å²) in [7, 11) is 0. The van der Waals surface area contributed by atoms with E-state index in [0.29, 0.717) is 12.2 Å². The van der Waals surface area contributed by atoms with Gasteiger partial charge in [-0.2, -0.15) is 5.10 Å². The fraction of sp³-hybridized carbons (Fsp3) is 0.174. The van der Waals surface area contributed by atoms with Crippen molar-refractivity contribution in [2.75, 3.05) is 11.9 Å². The molecule has 3 aromatic rings. The standard InChI is InChI=1S/C23H23N3O3/c1-2-18-8-11-21(12-9-18)25-22(27)17-29-23(28)13-10-20-14-24-26(16-20)15-19-6-4-3-5-7-19/h3-14,16H,2,15,17H2,1H3,(H,25,27)/b13-10+. The zero-order valence-corrected chi connectivity index (χ0v) is 16.2. The van der Waals surface area contributed by atoms with Crippen molar-refractivity contribution >= 4 is 23.6 Å². The molecule has 29 heavy (non-hydrogen) atoms. The third-order valence-electron chi connectivity index (χ3n) is 4.24. The van der Waals surface area contributed by atoms with Crippen LogP contribution in [0, 0.1) is 0 Å². The lowest BCUT2D eigenvalue weighted by Gasteiger charge is -2.06. The van der Waals surface area contributed by atoms with E-state index in [4.69, 9.17) is 4.74 Å². The van der Waals surface area contributed by atoms with Crippen LogP contribution in [0.25, 0.3) is 6.08 Å². The van der Waals surface area contributed by atoms with Gasteiger partial charge >= 0.3 is 5.97 Å². The third-order valence-corrected chi connectivity index (χ3v) is 4.24. The Morgan fingerprint density at radius 1 is 1.07 bits per heavy atom. The first-order chi connectivity index (χ1) is 14.1. The van der Waals surface area contributed by atoms with Gasteiger partial charge in [-0.15, -0.1) is 0 Å². The second-order valence-corrected chi connectivity index (χ2v) is 6.50. The van der Waals surface area contributed by atoms with Crippen LogP contribution in [0.2, 0.25) is 0 Å². The lowest BCUT2D eigenvalue weighted by Crippen LogP contribution is -2.20. The number of nitrogens with one attached hydrogen (secondary N) is 1. The Balaban J connectivity index is 1.44. The zero-order chi connectivity index (χ0) is 20.5. The summed E-state index contributed by atoms with van der Waals surface area (Å²) in [6.07, 6.45) is 7.33. The van der Waals surface area contributed by atoms with E-state index in [9.17, 15) is 9.59 Å². The molecule has 0 aliphatic heterocycles. The van der Waals surface area contributed by atoms with Crippen molar-refractivity contribution < 1.29 is 14.3 Å². The normalized spacial score (nSPS) is 10.8. The van der Waals surface area contributed by atoms with Crippen LogP contribution in [0.5, 0.6) is 0 Å². The van der Waals surface area contributed by atoms with Gasteiger partial charge in [0.2, 0.25) is 0 Å². The van der Waals surface area contributed by atoms with Crippen molar-refractivity contribution in [1.29, 1.82) is 0 Å². The van der Waals surface area contributed by atoms with Crippen molar-refractivity contribution in [3.05, 3.63) is 89.8 Å². The molecule has 0 saturated carbocycles. The smallest absolute Gasteiger partial charge is 0.331 e. The fourth-order valence-corrected chi connectivity index (χ4v) is 2.69. The molecule has 0 bridgehead atoms. The van der Waals surface area contributed by atoms with E-state index in [2.05, 4.69) is 17.3 Å². The molecule has 6 nitrogen and oxygen atoms in total. The van der Waals surface area contributed by atoms with E-state index in [1.807, 2.05) is 60.8 Å². The van der Waals surface area contributed by atoms with Gasteiger partial charge in [0, 0.05) is 23.5 Å². The SMILES string of the molecule is CCc1ccc(NC(=O)COC(=O)/C=C/c2cnn(Cc3ccccc3)c2)cc1. The maximum atomic E-state index is 11.9. The number of rotatable bonds is 8. The van der Waals surface area contributed by atoms with Gasteiger partial charge in [-0.1, -0.05) is 49.4 Å². The maximum Gasteiger partial charge on any atom is 0.331 e. The Morgan fingerprint density at radius 2 is 1.83 bits per heavy atom. The highest BCUT2D eigenvalue weighted by Gasteiger charge is 2.06. The second kappa shape index (κ2) is 10.0. The first-order valence-corrected chi connectivity index (χ1v) is 9.42. The molecule has 148 valence electrons. The molecule has 0 fully saturated rings. The molecule has 2 aromatic carbocycles. The lowest BCUT2D eigenvalue weighted by molar-refractivity contribution is -0.142. The highest BCUT2D eigenvalue weighted by atomic mass is 16.5. The molecule has 0 aliphatic rings. The number of hydrogen-bond acceptors (Lipinski definition) is 4. The molecule has 0 spiro atoms. The number of carbonyl (C=O) groups is 2. The number of nitrogens with zero attached hydrogens (tertiary/aromatic N) is 2. The number of esters is 1. The molecule has 0 saturated heterocycles. The third kappa shape index (κ3) is 6.46. The van der Waals surface area contributed by atoms with Crippen molar-refractivity contribution in [2.24, 2.45) is 0 Å². The molecular weight excluding hydrogens is 366 g/mol. The second-order valence-electron chi connectivity index (χ2n) is 6.50. The van der Waals surface area contributed by atoms with Gasteiger partial charge < -0.3 is 10.1 Å². The Kier molecular flexibility index (Phi) is 6.95. The lowest BCUT2D eigenvalue weighted by atomic mass is 10.1. The summed E-state index contributed by atoms with van der Waals surface area (Å²) in [6, 6.07) is 17.5. The van der Waals surface area contributed by atoms with Crippen molar-refractivity contribution in [3.8, 4) is 0 Å². The molecule has 0 unspecified atom stereocenters. The minimum atomic E-state index is -0.586. The van der Waals surface area contributed by atoms with Gasteiger partial charge in [0.1, 0.15) is 0 Å². The predicted molar refractivity (Wildman–Crippen MR) is 112 cm³/mol. The first kappa shape index (κ1) is 20.1. The topological polar surface area (TPSA) is 73.2 Å². The largest absolute Gasteiger partial charge is 0.452 e. The molecule has 0 aliphatic carbocycles. The number of amides is 1. The van der Waals surface area contributed by atoms with Crippen LogP contribution in [-0.4, -0.2) is 28.3 Å². The Bertz CT molecular complexity index is 976. The zero-order valence-electron chi connectivity index (χ0n) is 16.2. The van der Waals surface area contributed by atoms with Crippen LogP contribution in [0.4, 0.5) is 5.69 Å². The first-order valence-electron chi connectivity index (χ1n) is 9.42. The molecule has 0 radical (unpaired) electrons. The van der Waals surface area contributed by atoms with Crippen LogP contribution in [0.1, 0.15) is 23.6 Å². The van der Waals surface area contributed by atoms with E-state index in [-0.39, 0.29) is 12.5 Å². The molecule has 1 heterocycles. The Hall–Kier alpha value is -3.67. The number of aromatic nitrogens is 2. The van der Waals surface area contributed by atoms with Gasteiger partial charge in [0.15, 0.2) is 6.61 Å². The van der Waals surface area contributed by atoms with Crippen molar-refractivity contribution in [2.45, 2.75) is 19.9 Å². The minimum Gasteiger partial charge on any atom is -0.452 e. The number of anilines is 1. The van der Waals surface area contributed by atoms with Gasteiger partial charge in [-0.05, 0) is 35.8 Å². The molecule has 1 N–H and O–H groups in total. The van der Waals surface area contributed by atoms with Crippen molar-refractivity contribution in [3.63, 3.8) is 0 Å². The average molecular weight is 389 g/mol. The highest BCUT2D eigenvalue weighted by Crippen LogP contribution is 2.10. The van der Waals surface area contributed by atoms with Crippen LogP contribution in [-0.2, 0) is 27.3 Å². The van der Waals surface area contributed by atoms with Gasteiger partial charge in [0.05, 0.1) is 12.7 Å². The van der Waals surface area contributed by atoms with Crippen LogP contribution in [0.3, 0.4) is 0 Å². The average Bonchev–Trinajstić information content (AvgIpc) is 3.19. The maximum absolute atomic E-state index is 11.9. The monoisotopic (exact) mass is 389 g/mol. The highest BCUT2D eigenvalue weighted by molar-refractivity contribution is 5.94. The summed E-state index contributed by atoms with van der Waals surface area (Å²) in [4.78, 5) is 23.7. The predicted octanol–water partition coefficient (Wildman–Crippen LogP) is 3.69. The summed E-state index contributed by atoms with van der Waals surface area (Å²) in [6.45, 7) is 2.37. The van der Waals surface area contributed by atoms with Crippen molar-refractivity contribution in [1.82, 2.24) is 9.78 Å². The summed E-state index contributed by atoms with van der Waals surface area (Å²) < 4.78 is 6.77. The molecule has 1 aromatic heterocycles. The van der Waals surface area contributed by atoms with Gasteiger partial charge in [-0.25, -0.2) is 4.79 Å². The fourth-order valence-electron chi connectivity index (χ4n) is 2.69. The summed E-state index contributed by atoms with van der Waals surface area (Å²) in [5, 5.41) is 6.97. The Morgan fingerprint density at radius 3 is 2.55 bits per heavy atom. The number of benzene rings is 2. The summed E-state index contributed by atoms with van der Waals surface area (Å²) >= 11 is 0. The Labute approximate surface area is 169 Å². The molecule has 0 atom stereocenters. The van der Waals surface area contributed by atoms with Gasteiger partial charge in [0.25, 0.3) is 5.91 Å². The van der Waals surface area contributed by atoms with Crippen LogP contribution < -0.4 is 5.32 Å². The molecule has 3 rings (SSSR count). The number of carbonyl (C=O) groups excluding carboxylic acids is 2. The van der Waals surface area contributed by atoms with E-state index < -0.39 is 5.97 Å². The molecule has 1 amide bonds. The number of hydrogen-bond donors (Lipinski definition) is 1. The van der Waals surface area contributed by atoms with Crippen LogP contribution >= 0.6 is 0 Å². The summed E-state index contributed by atoms with van der Waals surface area (Å²) in [5.74, 6) is -0.969. The number of ether oxygens (including phenoxy) is 1. The van der Waals surface area contributed by atoms with Crippen LogP contribution in [0.15, 0.2) is 73.1 Å². The summed E-state index contributed by atoms with van der Waals surface area (Å²) in [5.41, 5.74) is 3.77. The number of aryl methyl sites for hydroxylation is 1.